The Bertz CT molecular complexity index is 314. The van der Waals surface area contributed by atoms with Gasteiger partial charge in [0, 0.05) is 9.85 Å². The first-order chi connectivity index (χ1) is 7.17. The number of ether oxygens (including phenoxy) is 1. The predicted molar refractivity (Wildman–Crippen MR) is 68.9 cm³/mol. The van der Waals surface area contributed by atoms with Gasteiger partial charge in [0.25, 0.3) is 0 Å². The summed E-state index contributed by atoms with van der Waals surface area (Å²) in [4.78, 5) is 0. The van der Waals surface area contributed by atoms with Gasteiger partial charge in [-0.3, -0.25) is 0 Å². The molecule has 0 N–H and O–H groups in total. The number of aryl methyl sites for hydroxylation is 1. The molecule has 0 amide bonds. The molecule has 1 rings (SSSR count). The molecule has 0 heterocycles. The summed E-state index contributed by atoms with van der Waals surface area (Å²) in [5.41, 5.74) is 1.26. The summed E-state index contributed by atoms with van der Waals surface area (Å²) in [6.45, 7) is 2.11. The SMILES string of the molecule is CCC(Cl)CCc1cc(OC)ccc1Br. The minimum Gasteiger partial charge on any atom is -0.497 e. The highest BCUT2D eigenvalue weighted by Gasteiger charge is 2.06. The molecule has 15 heavy (non-hydrogen) atoms. The van der Waals surface area contributed by atoms with Gasteiger partial charge in [-0.25, -0.2) is 0 Å². The molecular weight excluding hydrogens is 275 g/mol. The molecule has 0 spiro atoms. The minimum atomic E-state index is 0.267. The van der Waals surface area contributed by atoms with E-state index in [9.17, 15) is 0 Å². The van der Waals surface area contributed by atoms with Crippen LogP contribution in [0, 0.1) is 0 Å². The first-order valence-electron chi connectivity index (χ1n) is 5.13. The summed E-state index contributed by atoms with van der Waals surface area (Å²) in [6.07, 6.45) is 3.01. The Morgan fingerprint density at radius 3 is 2.80 bits per heavy atom. The van der Waals surface area contributed by atoms with Gasteiger partial charge in [-0.1, -0.05) is 22.9 Å². The van der Waals surface area contributed by atoms with Gasteiger partial charge in [-0.05, 0) is 43.0 Å². The summed E-state index contributed by atoms with van der Waals surface area (Å²) >= 11 is 9.63. The average molecular weight is 292 g/mol. The van der Waals surface area contributed by atoms with Crippen LogP contribution in [0.2, 0.25) is 0 Å². The topological polar surface area (TPSA) is 9.23 Å². The molecule has 0 fully saturated rings. The van der Waals surface area contributed by atoms with Crippen LogP contribution in [0.25, 0.3) is 0 Å². The summed E-state index contributed by atoms with van der Waals surface area (Å²) in [5.74, 6) is 0.899. The fourth-order valence-corrected chi connectivity index (χ4v) is 1.94. The van der Waals surface area contributed by atoms with Crippen molar-refractivity contribution in [3.8, 4) is 5.75 Å². The van der Waals surface area contributed by atoms with Crippen LogP contribution in [0.1, 0.15) is 25.3 Å². The molecule has 1 unspecified atom stereocenters. The van der Waals surface area contributed by atoms with E-state index in [0.717, 1.165) is 29.5 Å². The van der Waals surface area contributed by atoms with E-state index in [1.54, 1.807) is 7.11 Å². The first kappa shape index (κ1) is 12.9. The zero-order valence-electron chi connectivity index (χ0n) is 9.09. The van der Waals surface area contributed by atoms with Gasteiger partial charge in [0.2, 0.25) is 0 Å². The number of rotatable bonds is 5. The monoisotopic (exact) mass is 290 g/mol. The lowest BCUT2D eigenvalue weighted by Gasteiger charge is -2.09. The molecule has 1 aromatic rings. The van der Waals surface area contributed by atoms with Crippen LogP contribution >= 0.6 is 27.5 Å². The summed E-state index contributed by atoms with van der Waals surface area (Å²) in [7, 11) is 1.68. The lowest BCUT2D eigenvalue weighted by molar-refractivity contribution is 0.414. The highest BCUT2D eigenvalue weighted by Crippen LogP contribution is 2.24. The van der Waals surface area contributed by atoms with Gasteiger partial charge in [0.05, 0.1) is 7.11 Å². The third kappa shape index (κ3) is 4.04. The van der Waals surface area contributed by atoms with Crippen LogP contribution in [0.4, 0.5) is 0 Å². The van der Waals surface area contributed by atoms with Crippen LogP contribution in [-0.4, -0.2) is 12.5 Å². The van der Waals surface area contributed by atoms with E-state index in [0.29, 0.717) is 0 Å². The van der Waals surface area contributed by atoms with Crippen LogP contribution in [0.3, 0.4) is 0 Å². The molecule has 0 aliphatic carbocycles. The lowest BCUT2D eigenvalue weighted by atomic mass is 10.1. The fraction of sp³-hybridized carbons (Fsp3) is 0.500. The van der Waals surface area contributed by atoms with Gasteiger partial charge in [-0.2, -0.15) is 0 Å². The van der Waals surface area contributed by atoms with Gasteiger partial charge >= 0.3 is 0 Å². The molecule has 0 bridgehead atoms. The minimum absolute atomic E-state index is 0.267. The molecular formula is C12H16BrClO. The van der Waals surface area contributed by atoms with Crippen molar-refractivity contribution < 1.29 is 4.74 Å². The molecule has 0 aromatic heterocycles. The van der Waals surface area contributed by atoms with Crippen molar-refractivity contribution in [3.05, 3.63) is 28.2 Å². The van der Waals surface area contributed by atoms with Gasteiger partial charge in [0.1, 0.15) is 5.75 Å². The van der Waals surface area contributed by atoms with Crippen LogP contribution in [0.15, 0.2) is 22.7 Å². The molecule has 0 saturated heterocycles. The summed E-state index contributed by atoms with van der Waals surface area (Å²) < 4.78 is 6.32. The zero-order valence-corrected chi connectivity index (χ0v) is 11.4. The smallest absolute Gasteiger partial charge is 0.119 e. The van der Waals surface area contributed by atoms with E-state index in [4.69, 9.17) is 16.3 Å². The number of alkyl halides is 1. The molecule has 3 heteroatoms. The number of halogens is 2. The van der Waals surface area contributed by atoms with Crippen LogP contribution in [0.5, 0.6) is 5.75 Å². The molecule has 1 aromatic carbocycles. The number of methoxy groups -OCH3 is 1. The molecule has 1 atom stereocenters. The second-order valence-electron chi connectivity index (χ2n) is 3.50. The Hall–Kier alpha value is -0.210. The predicted octanol–water partition coefficient (Wildman–Crippen LogP) is 4.41. The number of benzene rings is 1. The van der Waals surface area contributed by atoms with Crippen molar-refractivity contribution in [1.82, 2.24) is 0 Å². The quantitative estimate of drug-likeness (QED) is 0.730. The van der Waals surface area contributed by atoms with Crippen LogP contribution < -0.4 is 4.74 Å². The second-order valence-corrected chi connectivity index (χ2v) is 4.97. The van der Waals surface area contributed by atoms with Crippen molar-refractivity contribution in [2.45, 2.75) is 31.6 Å². The second kappa shape index (κ2) is 6.39. The lowest BCUT2D eigenvalue weighted by Crippen LogP contribution is -1.99. The van der Waals surface area contributed by atoms with E-state index >= 15 is 0 Å². The Balaban J connectivity index is 2.66. The maximum atomic E-state index is 6.09. The highest BCUT2D eigenvalue weighted by atomic mass is 79.9. The van der Waals surface area contributed by atoms with E-state index in [1.165, 1.54) is 5.56 Å². The van der Waals surface area contributed by atoms with Gasteiger partial charge < -0.3 is 4.74 Å². The normalized spacial score (nSPS) is 12.5. The van der Waals surface area contributed by atoms with E-state index < -0.39 is 0 Å². The van der Waals surface area contributed by atoms with E-state index in [2.05, 4.69) is 28.9 Å². The van der Waals surface area contributed by atoms with Crippen molar-refractivity contribution in [3.63, 3.8) is 0 Å². The number of hydrogen-bond acceptors (Lipinski definition) is 1. The highest BCUT2D eigenvalue weighted by molar-refractivity contribution is 9.10. The molecule has 84 valence electrons. The van der Waals surface area contributed by atoms with Crippen molar-refractivity contribution in [2.24, 2.45) is 0 Å². The van der Waals surface area contributed by atoms with Crippen molar-refractivity contribution >= 4 is 27.5 Å². The largest absolute Gasteiger partial charge is 0.497 e. The molecule has 0 saturated carbocycles. The molecule has 0 aliphatic heterocycles. The van der Waals surface area contributed by atoms with Crippen LogP contribution in [-0.2, 0) is 6.42 Å². The van der Waals surface area contributed by atoms with E-state index in [-0.39, 0.29) is 5.38 Å². The van der Waals surface area contributed by atoms with E-state index in [1.807, 2.05) is 12.1 Å². The van der Waals surface area contributed by atoms with Gasteiger partial charge in [-0.15, -0.1) is 11.6 Å². The Morgan fingerprint density at radius 2 is 2.20 bits per heavy atom. The zero-order chi connectivity index (χ0) is 11.3. The Labute approximate surface area is 105 Å². The Kier molecular flexibility index (Phi) is 5.48. The third-order valence-electron chi connectivity index (χ3n) is 2.42. The summed E-state index contributed by atoms with van der Waals surface area (Å²) in [6, 6.07) is 6.03. The summed E-state index contributed by atoms with van der Waals surface area (Å²) in [5, 5.41) is 0.267. The van der Waals surface area contributed by atoms with Crippen molar-refractivity contribution in [1.29, 1.82) is 0 Å². The third-order valence-corrected chi connectivity index (χ3v) is 3.72. The Morgan fingerprint density at radius 1 is 1.47 bits per heavy atom. The maximum absolute atomic E-state index is 6.09. The van der Waals surface area contributed by atoms with Gasteiger partial charge in [0.15, 0.2) is 0 Å². The first-order valence-corrected chi connectivity index (χ1v) is 6.36. The molecule has 1 nitrogen and oxygen atoms in total. The molecule has 0 aliphatic rings. The fourth-order valence-electron chi connectivity index (χ4n) is 1.39. The molecule has 0 radical (unpaired) electrons. The van der Waals surface area contributed by atoms with Crippen molar-refractivity contribution in [2.75, 3.05) is 7.11 Å². The number of hydrogen-bond donors (Lipinski definition) is 0. The maximum Gasteiger partial charge on any atom is 0.119 e. The standard InChI is InChI=1S/C12H16BrClO/c1-3-10(14)5-4-9-8-11(15-2)6-7-12(9)13/h6-8,10H,3-5H2,1-2H3. The average Bonchev–Trinajstić information content (AvgIpc) is 2.27.